The second-order valence-electron chi connectivity index (χ2n) is 6.88. The van der Waals surface area contributed by atoms with Gasteiger partial charge in [-0.3, -0.25) is 4.98 Å². The molecule has 0 aliphatic rings. The van der Waals surface area contributed by atoms with Crippen LogP contribution in [0, 0.1) is 6.92 Å². The van der Waals surface area contributed by atoms with E-state index in [1.807, 2.05) is 51.1 Å². The van der Waals surface area contributed by atoms with Gasteiger partial charge in [0.05, 0.1) is 21.1 Å². The highest BCUT2D eigenvalue weighted by Crippen LogP contribution is 2.37. The van der Waals surface area contributed by atoms with Crippen molar-refractivity contribution in [2.45, 2.75) is 26.9 Å². The van der Waals surface area contributed by atoms with Crippen LogP contribution in [0.25, 0.3) is 21.7 Å². The predicted octanol–water partition coefficient (Wildman–Crippen LogP) is 7.87. The van der Waals surface area contributed by atoms with Crippen molar-refractivity contribution in [3.05, 3.63) is 83.6 Å². The predicted molar refractivity (Wildman–Crippen MR) is 131 cm³/mol. The van der Waals surface area contributed by atoms with Crippen LogP contribution >= 0.6 is 11.3 Å². The van der Waals surface area contributed by atoms with E-state index in [1.165, 1.54) is 12.1 Å². The summed E-state index contributed by atoms with van der Waals surface area (Å²) < 4.78 is 38.0. The first-order valence-corrected chi connectivity index (χ1v) is 11.3. The molecule has 0 spiro atoms. The molecule has 2 amide bonds. The third kappa shape index (κ3) is 6.20. The molecule has 0 atom stereocenters. The molecule has 2 aromatic carbocycles. The number of nitrogens with one attached hydrogen (secondary N) is 2. The fourth-order valence-electron chi connectivity index (χ4n) is 3.10. The fraction of sp³-hybridized carbons (Fsp3) is 0.160. The van der Waals surface area contributed by atoms with Crippen LogP contribution < -0.4 is 10.6 Å². The summed E-state index contributed by atoms with van der Waals surface area (Å²) in [5.41, 5.74) is 2.68. The Bertz CT molecular complexity index is 1240. The van der Waals surface area contributed by atoms with Gasteiger partial charge >= 0.3 is 12.2 Å². The monoisotopic (exact) mass is 484 g/mol. The zero-order chi connectivity index (χ0) is 24.7. The number of pyridine rings is 1. The molecule has 4 aromatic rings. The van der Waals surface area contributed by atoms with Gasteiger partial charge in [-0.25, -0.2) is 9.78 Å². The first kappa shape index (κ1) is 24.9. The van der Waals surface area contributed by atoms with Gasteiger partial charge in [-0.1, -0.05) is 26.0 Å². The van der Waals surface area contributed by atoms with Gasteiger partial charge in [-0.2, -0.15) is 13.2 Å². The highest BCUT2D eigenvalue weighted by atomic mass is 32.1. The molecule has 9 heteroatoms. The maximum Gasteiger partial charge on any atom is 0.416 e. The van der Waals surface area contributed by atoms with Crippen molar-refractivity contribution >= 4 is 28.7 Å². The molecule has 2 N–H and O–H groups in total. The number of rotatable bonds is 4. The third-order valence-corrected chi connectivity index (χ3v) is 5.56. The number of thiazole rings is 1. The number of anilines is 2. The van der Waals surface area contributed by atoms with Crippen LogP contribution in [0.15, 0.2) is 73.1 Å². The summed E-state index contributed by atoms with van der Waals surface area (Å²) in [6.07, 6.45) is -1.01. The summed E-state index contributed by atoms with van der Waals surface area (Å²) in [6, 6.07) is 14.8. The number of hydrogen-bond donors (Lipinski definition) is 2. The van der Waals surface area contributed by atoms with E-state index in [0.29, 0.717) is 5.69 Å². The van der Waals surface area contributed by atoms with Crippen LogP contribution in [-0.2, 0) is 6.18 Å². The quantitative estimate of drug-likeness (QED) is 0.310. The molecule has 2 aromatic heterocycles. The van der Waals surface area contributed by atoms with E-state index in [9.17, 15) is 18.0 Å². The molecule has 0 radical (unpaired) electrons. The minimum absolute atomic E-state index is 0.254. The molecule has 34 heavy (non-hydrogen) atoms. The van der Waals surface area contributed by atoms with Gasteiger partial charge in [0.25, 0.3) is 0 Å². The highest BCUT2D eigenvalue weighted by molar-refractivity contribution is 7.15. The lowest BCUT2D eigenvalue weighted by molar-refractivity contribution is -0.137. The lowest BCUT2D eigenvalue weighted by Gasteiger charge is -2.11. The van der Waals surface area contributed by atoms with Crippen LogP contribution in [0.2, 0.25) is 0 Å². The molecule has 0 saturated carbocycles. The number of aryl methyl sites for hydroxylation is 1. The number of urea groups is 1. The van der Waals surface area contributed by atoms with Crippen molar-refractivity contribution in [2.24, 2.45) is 0 Å². The first-order chi connectivity index (χ1) is 16.3. The van der Waals surface area contributed by atoms with Crippen LogP contribution in [0.5, 0.6) is 0 Å². The zero-order valence-electron chi connectivity index (χ0n) is 18.8. The number of benzene rings is 2. The lowest BCUT2D eigenvalue weighted by atomic mass is 10.1. The molecular weight excluding hydrogens is 461 g/mol. The molecule has 0 unspecified atom stereocenters. The largest absolute Gasteiger partial charge is 0.416 e. The summed E-state index contributed by atoms with van der Waals surface area (Å²) in [5, 5.41) is 6.16. The van der Waals surface area contributed by atoms with Crippen molar-refractivity contribution in [1.29, 1.82) is 0 Å². The average Bonchev–Trinajstić information content (AvgIpc) is 3.22. The van der Waals surface area contributed by atoms with E-state index in [0.717, 1.165) is 38.8 Å². The minimum atomic E-state index is -4.43. The Balaban J connectivity index is 0.00000158. The second kappa shape index (κ2) is 10.9. The summed E-state index contributed by atoms with van der Waals surface area (Å²) in [7, 11) is 0. The molecule has 2 heterocycles. The summed E-state index contributed by atoms with van der Waals surface area (Å²) in [6.45, 7) is 5.93. The number of nitrogens with zero attached hydrogens (tertiary/aromatic N) is 2. The molecule has 0 aliphatic carbocycles. The van der Waals surface area contributed by atoms with Crippen molar-refractivity contribution in [3.8, 4) is 21.7 Å². The van der Waals surface area contributed by atoms with Crippen molar-refractivity contribution in [1.82, 2.24) is 9.97 Å². The van der Waals surface area contributed by atoms with Gasteiger partial charge in [-0.05, 0) is 61.0 Å². The second-order valence-corrected chi connectivity index (χ2v) is 8.08. The number of carbonyl (C=O) groups is 1. The molecule has 4 rings (SSSR count). The molecule has 176 valence electrons. The smallest absolute Gasteiger partial charge is 0.308 e. The maximum absolute atomic E-state index is 12.7. The van der Waals surface area contributed by atoms with E-state index < -0.39 is 17.8 Å². The Morgan fingerprint density at radius 3 is 2.18 bits per heavy atom. The molecule has 0 fully saturated rings. The summed E-state index contributed by atoms with van der Waals surface area (Å²) >= 11 is 1.54. The van der Waals surface area contributed by atoms with Gasteiger partial charge in [0.15, 0.2) is 0 Å². The van der Waals surface area contributed by atoms with Gasteiger partial charge in [0.2, 0.25) is 0 Å². The number of amides is 2. The van der Waals surface area contributed by atoms with Crippen molar-refractivity contribution in [3.63, 3.8) is 0 Å². The Labute approximate surface area is 199 Å². The van der Waals surface area contributed by atoms with Gasteiger partial charge in [0.1, 0.15) is 0 Å². The van der Waals surface area contributed by atoms with Gasteiger partial charge in [0, 0.05) is 29.3 Å². The van der Waals surface area contributed by atoms with Gasteiger partial charge in [-0.15, -0.1) is 11.3 Å². The SMILES string of the molecule is CC.Cc1nc(-c2ccncc2)c(-c2cccc(NC(=O)Nc3ccc(C(F)(F)F)cc3)c2)s1. The maximum atomic E-state index is 12.7. The van der Waals surface area contributed by atoms with Crippen LogP contribution in [-0.4, -0.2) is 16.0 Å². The molecule has 0 saturated heterocycles. The Hall–Kier alpha value is -3.72. The van der Waals surface area contributed by atoms with Crippen molar-refractivity contribution < 1.29 is 18.0 Å². The molecule has 5 nitrogen and oxygen atoms in total. The summed E-state index contributed by atoms with van der Waals surface area (Å²) in [4.78, 5) is 22.0. The normalized spacial score (nSPS) is 10.8. The van der Waals surface area contributed by atoms with E-state index in [2.05, 4.69) is 20.6 Å². The lowest BCUT2D eigenvalue weighted by Crippen LogP contribution is -2.19. The number of hydrogen-bond acceptors (Lipinski definition) is 4. The number of halogens is 3. The third-order valence-electron chi connectivity index (χ3n) is 4.54. The molecule has 0 aliphatic heterocycles. The molecular formula is C25H23F3N4OS. The van der Waals surface area contributed by atoms with Crippen LogP contribution in [0.3, 0.4) is 0 Å². The van der Waals surface area contributed by atoms with Crippen LogP contribution in [0.4, 0.5) is 29.3 Å². The number of carbonyl (C=O) groups excluding carboxylic acids is 1. The Morgan fingerprint density at radius 2 is 1.53 bits per heavy atom. The standard InChI is InChI=1S/C23H17F3N4OS.C2H6/c1-14-28-20(15-9-11-27-12-10-15)21(32-14)16-3-2-4-19(13-16)30-22(31)29-18-7-5-17(6-8-18)23(24,25)26;1-2/h2-13H,1H3,(H2,29,30,31);1-2H3. The van der Waals surface area contributed by atoms with Gasteiger partial charge < -0.3 is 10.6 Å². The number of alkyl halides is 3. The fourth-order valence-corrected chi connectivity index (χ4v) is 4.04. The topological polar surface area (TPSA) is 66.9 Å². The average molecular weight is 485 g/mol. The first-order valence-electron chi connectivity index (χ1n) is 10.5. The van der Waals surface area contributed by atoms with E-state index >= 15 is 0 Å². The zero-order valence-corrected chi connectivity index (χ0v) is 19.6. The minimum Gasteiger partial charge on any atom is -0.308 e. The van der Waals surface area contributed by atoms with Crippen LogP contribution in [0.1, 0.15) is 24.4 Å². The number of aromatic nitrogens is 2. The molecule has 0 bridgehead atoms. The van der Waals surface area contributed by atoms with E-state index in [-0.39, 0.29) is 5.69 Å². The highest BCUT2D eigenvalue weighted by Gasteiger charge is 2.30. The summed E-state index contributed by atoms with van der Waals surface area (Å²) in [5.74, 6) is 0. The Morgan fingerprint density at radius 1 is 0.882 bits per heavy atom. The van der Waals surface area contributed by atoms with Crippen molar-refractivity contribution in [2.75, 3.05) is 10.6 Å². The van der Waals surface area contributed by atoms with E-state index in [4.69, 9.17) is 0 Å². The van der Waals surface area contributed by atoms with E-state index in [1.54, 1.807) is 29.8 Å². The Kier molecular flexibility index (Phi) is 8.01.